The molecule has 1 aromatic heterocycles. The number of aromatic nitrogens is 2. The van der Waals surface area contributed by atoms with Crippen LogP contribution >= 0.6 is 0 Å². The first kappa shape index (κ1) is 22.2. The van der Waals surface area contributed by atoms with Crippen LogP contribution in [0.5, 0.6) is 17.2 Å². The van der Waals surface area contributed by atoms with Gasteiger partial charge in [0, 0.05) is 17.7 Å². The van der Waals surface area contributed by atoms with Crippen LogP contribution in [-0.2, 0) is 11.3 Å². The number of amides is 1. The van der Waals surface area contributed by atoms with E-state index in [9.17, 15) is 4.79 Å². The van der Waals surface area contributed by atoms with E-state index in [0.717, 1.165) is 22.4 Å². The molecule has 1 N–H and O–H groups in total. The van der Waals surface area contributed by atoms with E-state index in [1.165, 1.54) is 0 Å². The van der Waals surface area contributed by atoms with Crippen molar-refractivity contribution in [3.05, 3.63) is 65.4 Å². The first-order valence-corrected chi connectivity index (χ1v) is 10.2. The van der Waals surface area contributed by atoms with E-state index < -0.39 is 0 Å². The number of methoxy groups -OCH3 is 2. The van der Waals surface area contributed by atoms with E-state index in [4.69, 9.17) is 14.2 Å². The molecule has 3 aromatic rings. The summed E-state index contributed by atoms with van der Waals surface area (Å²) in [5.41, 5.74) is 3.08. The molecule has 1 heterocycles. The molecule has 1 amide bonds. The van der Waals surface area contributed by atoms with E-state index in [2.05, 4.69) is 24.3 Å². The summed E-state index contributed by atoms with van der Waals surface area (Å²) in [4.78, 5) is 12.5. The lowest BCUT2D eigenvalue weighted by Crippen LogP contribution is -2.22. The van der Waals surface area contributed by atoms with Crippen molar-refractivity contribution >= 4 is 11.7 Å². The Morgan fingerprint density at radius 1 is 1.06 bits per heavy atom. The number of carbonyl (C=O) groups is 1. The van der Waals surface area contributed by atoms with Gasteiger partial charge in [-0.05, 0) is 42.2 Å². The molecule has 0 bridgehead atoms. The number of benzene rings is 2. The first-order chi connectivity index (χ1) is 14.9. The third-order valence-corrected chi connectivity index (χ3v) is 4.95. The number of nitrogens with one attached hydrogen (secondary N) is 1. The molecular weight excluding hydrogens is 394 g/mol. The van der Waals surface area contributed by atoms with Gasteiger partial charge in [-0.1, -0.05) is 26.0 Å². The van der Waals surface area contributed by atoms with Crippen molar-refractivity contribution in [2.75, 3.05) is 26.1 Å². The van der Waals surface area contributed by atoms with Gasteiger partial charge in [-0.25, -0.2) is 4.68 Å². The fourth-order valence-corrected chi connectivity index (χ4v) is 3.27. The number of anilines is 1. The zero-order valence-corrected chi connectivity index (χ0v) is 18.6. The van der Waals surface area contributed by atoms with E-state index in [1.54, 1.807) is 31.2 Å². The molecule has 7 nitrogen and oxygen atoms in total. The Labute approximate surface area is 182 Å². The van der Waals surface area contributed by atoms with Gasteiger partial charge in [0.25, 0.3) is 5.91 Å². The smallest absolute Gasteiger partial charge is 0.263 e. The molecule has 0 aliphatic heterocycles. The van der Waals surface area contributed by atoms with Gasteiger partial charge in [0.2, 0.25) is 0 Å². The Morgan fingerprint density at radius 3 is 2.58 bits per heavy atom. The first-order valence-electron chi connectivity index (χ1n) is 10.2. The molecule has 0 aliphatic carbocycles. The standard InChI is InChI=1S/C24H29N3O4/c1-16(2)20-9-6-17(3)12-22(20)31-15-24(28)26-23-10-11-25-27(23)14-18-7-8-19(29-4)13-21(18)30-5/h6-13,16H,14-15H2,1-5H3,(H,26,28). The number of aryl methyl sites for hydroxylation is 1. The molecule has 0 saturated heterocycles. The molecule has 2 aromatic carbocycles. The van der Waals surface area contributed by atoms with E-state index >= 15 is 0 Å². The van der Waals surface area contributed by atoms with Crippen LogP contribution in [0.2, 0.25) is 0 Å². The molecule has 3 rings (SSSR count). The summed E-state index contributed by atoms with van der Waals surface area (Å²) in [7, 11) is 3.22. The van der Waals surface area contributed by atoms with Crippen LogP contribution in [0.4, 0.5) is 5.82 Å². The predicted molar refractivity (Wildman–Crippen MR) is 120 cm³/mol. The van der Waals surface area contributed by atoms with Crippen molar-refractivity contribution in [3.8, 4) is 17.2 Å². The SMILES string of the molecule is COc1ccc(Cn2nccc2NC(=O)COc2cc(C)ccc2C(C)C)c(OC)c1. The summed E-state index contributed by atoms with van der Waals surface area (Å²) in [6, 6.07) is 13.4. The maximum atomic E-state index is 12.5. The lowest BCUT2D eigenvalue weighted by Gasteiger charge is -2.15. The average molecular weight is 424 g/mol. The topological polar surface area (TPSA) is 74.6 Å². The van der Waals surface area contributed by atoms with Crippen molar-refractivity contribution in [3.63, 3.8) is 0 Å². The molecule has 0 radical (unpaired) electrons. The molecule has 0 spiro atoms. The van der Waals surface area contributed by atoms with Crippen LogP contribution in [0.1, 0.15) is 36.5 Å². The van der Waals surface area contributed by atoms with Gasteiger partial charge in [-0.3, -0.25) is 4.79 Å². The van der Waals surface area contributed by atoms with Gasteiger partial charge < -0.3 is 19.5 Å². The van der Waals surface area contributed by atoms with Gasteiger partial charge in [0.15, 0.2) is 6.61 Å². The third kappa shape index (κ3) is 5.57. The molecule has 0 aliphatic rings. The van der Waals surface area contributed by atoms with Crippen LogP contribution in [0.15, 0.2) is 48.7 Å². The number of hydrogen-bond donors (Lipinski definition) is 1. The minimum absolute atomic E-state index is 0.0831. The molecule has 7 heteroatoms. The maximum absolute atomic E-state index is 12.5. The highest BCUT2D eigenvalue weighted by molar-refractivity contribution is 5.91. The third-order valence-electron chi connectivity index (χ3n) is 4.95. The van der Waals surface area contributed by atoms with Gasteiger partial charge in [0.05, 0.1) is 27.0 Å². The van der Waals surface area contributed by atoms with Gasteiger partial charge in [-0.15, -0.1) is 0 Å². The normalized spacial score (nSPS) is 10.8. The molecule has 0 fully saturated rings. The number of nitrogens with zero attached hydrogens (tertiary/aromatic N) is 2. The number of rotatable bonds is 9. The monoisotopic (exact) mass is 423 g/mol. The van der Waals surface area contributed by atoms with E-state index in [1.807, 2.05) is 43.3 Å². The summed E-state index contributed by atoms with van der Waals surface area (Å²) < 4.78 is 18.2. The Kier molecular flexibility index (Phi) is 7.18. The molecule has 0 saturated carbocycles. The van der Waals surface area contributed by atoms with Gasteiger partial charge >= 0.3 is 0 Å². The Morgan fingerprint density at radius 2 is 1.87 bits per heavy atom. The van der Waals surface area contributed by atoms with Crippen LogP contribution in [0, 0.1) is 6.92 Å². The Hall–Kier alpha value is -3.48. The minimum Gasteiger partial charge on any atom is -0.497 e. The number of hydrogen-bond acceptors (Lipinski definition) is 5. The molecule has 31 heavy (non-hydrogen) atoms. The van der Waals surface area contributed by atoms with Crippen LogP contribution in [0.3, 0.4) is 0 Å². The van der Waals surface area contributed by atoms with Crippen molar-refractivity contribution < 1.29 is 19.0 Å². The molecular formula is C24H29N3O4. The Balaban J connectivity index is 1.67. The fourth-order valence-electron chi connectivity index (χ4n) is 3.27. The summed E-state index contributed by atoms with van der Waals surface area (Å²) in [5.74, 6) is 2.78. The van der Waals surface area contributed by atoms with Crippen molar-refractivity contribution in [2.45, 2.75) is 33.2 Å². The lowest BCUT2D eigenvalue weighted by molar-refractivity contribution is -0.118. The second-order valence-corrected chi connectivity index (χ2v) is 7.58. The highest BCUT2D eigenvalue weighted by Gasteiger charge is 2.13. The largest absolute Gasteiger partial charge is 0.497 e. The van der Waals surface area contributed by atoms with E-state index in [0.29, 0.717) is 29.8 Å². The summed E-state index contributed by atoms with van der Waals surface area (Å²) in [6.07, 6.45) is 1.64. The van der Waals surface area contributed by atoms with Gasteiger partial charge in [-0.2, -0.15) is 5.10 Å². The zero-order chi connectivity index (χ0) is 22.4. The second-order valence-electron chi connectivity index (χ2n) is 7.58. The van der Waals surface area contributed by atoms with Crippen molar-refractivity contribution in [1.29, 1.82) is 0 Å². The predicted octanol–water partition coefficient (Wildman–Crippen LogP) is 4.40. The average Bonchev–Trinajstić information content (AvgIpc) is 3.18. The minimum atomic E-state index is -0.250. The van der Waals surface area contributed by atoms with Crippen LogP contribution in [-0.4, -0.2) is 36.5 Å². The lowest BCUT2D eigenvalue weighted by atomic mass is 10.0. The highest BCUT2D eigenvalue weighted by Crippen LogP contribution is 2.28. The Bertz CT molecular complexity index is 1040. The summed E-state index contributed by atoms with van der Waals surface area (Å²) in [5, 5.41) is 7.20. The maximum Gasteiger partial charge on any atom is 0.263 e. The van der Waals surface area contributed by atoms with E-state index in [-0.39, 0.29) is 12.5 Å². The van der Waals surface area contributed by atoms with Gasteiger partial charge in [0.1, 0.15) is 23.1 Å². The molecule has 0 atom stereocenters. The summed E-state index contributed by atoms with van der Waals surface area (Å²) in [6.45, 7) is 6.56. The van der Waals surface area contributed by atoms with Crippen molar-refractivity contribution in [1.82, 2.24) is 9.78 Å². The molecule has 164 valence electrons. The van der Waals surface area contributed by atoms with Crippen molar-refractivity contribution in [2.24, 2.45) is 0 Å². The number of ether oxygens (including phenoxy) is 3. The van der Waals surface area contributed by atoms with Crippen LogP contribution in [0.25, 0.3) is 0 Å². The number of carbonyl (C=O) groups excluding carboxylic acids is 1. The fraction of sp³-hybridized carbons (Fsp3) is 0.333. The zero-order valence-electron chi connectivity index (χ0n) is 18.6. The quantitative estimate of drug-likeness (QED) is 0.552. The van der Waals surface area contributed by atoms with Crippen LogP contribution < -0.4 is 19.5 Å². The highest BCUT2D eigenvalue weighted by atomic mass is 16.5. The second kappa shape index (κ2) is 10.0. The molecule has 0 unspecified atom stereocenters. The summed E-state index contributed by atoms with van der Waals surface area (Å²) >= 11 is 0.